The minimum absolute atomic E-state index is 0.0760. The molecular formula is C17H21N3OS. The van der Waals surface area contributed by atoms with Gasteiger partial charge >= 0.3 is 0 Å². The summed E-state index contributed by atoms with van der Waals surface area (Å²) >= 11 is 1.42. The lowest BCUT2D eigenvalue weighted by molar-refractivity contribution is 0.103. The van der Waals surface area contributed by atoms with Crippen LogP contribution in [0.3, 0.4) is 0 Å². The second-order valence-electron chi connectivity index (χ2n) is 5.62. The van der Waals surface area contributed by atoms with Crippen LogP contribution in [0.15, 0.2) is 30.5 Å². The molecule has 2 heterocycles. The van der Waals surface area contributed by atoms with Gasteiger partial charge in [0, 0.05) is 13.1 Å². The molecule has 1 aromatic heterocycles. The highest BCUT2D eigenvalue weighted by Gasteiger charge is 2.16. The number of aromatic nitrogens is 1. The smallest absolute Gasteiger partial charge is 0.267 e. The summed E-state index contributed by atoms with van der Waals surface area (Å²) in [6, 6.07) is 8.08. The van der Waals surface area contributed by atoms with Crippen molar-refractivity contribution in [1.82, 2.24) is 4.98 Å². The van der Waals surface area contributed by atoms with E-state index in [2.05, 4.69) is 21.3 Å². The molecule has 1 aromatic carbocycles. The normalized spacial score (nSPS) is 15.4. The van der Waals surface area contributed by atoms with Gasteiger partial charge in [-0.2, -0.15) is 0 Å². The van der Waals surface area contributed by atoms with E-state index in [1.165, 1.54) is 37.0 Å². The molecule has 0 aliphatic carbocycles. The summed E-state index contributed by atoms with van der Waals surface area (Å²) < 4.78 is 0. The van der Waals surface area contributed by atoms with E-state index in [1.807, 2.05) is 25.1 Å². The van der Waals surface area contributed by atoms with E-state index >= 15 is 0 Å². The third-order valence-electron chi connectivity index (χ3n) is 3.94. The van der Waals surface area contributed by atoms with Crippen LogP contribution < -0.4 is 10.2 Å². The maximum Gasteiger partial charge on any atom is 0.267 e. The van der Waals surface area contributed by atoms with Gasteiger partial charge in [-0.15, -0.1) is 11.3 Å². The average molecular weight is 315 g/mol. The SMILES string of the molecule is Cc1ncc(C(=O)Nc2ccccc2N2CCCCCC2)s1. The van der Waals surface area contributed by atoms with Crippen molar-refractivity contribution in [3.63, 3.8) is 0 Å². The fourth-order valence-electron chi connectivity index (χ4n) is 2.82. The molecule has 22 heavy (non-hydrogen) atoms. The molecule has 1 aliphatic heterocycles. The number of carbonyl (C=O) groups is 1. The minimum Gasteiger partial charge on any atom is -0.370 e. The Morgan fingerprint density at radius 3 is 2.59 bits per heavy atom. The van der Waals surface area contributed by atoms with Crippen molar-refractivity contribution in [1.29, 1.82) is 0 Å². The Hall–Kier alpha value is -1.88. The summed E-state index contributed by atoms with van der Waals surface area (Å²) in [6.07, 6.45) is 6.67. The van der Waals surface area contributed by atoms with Crippen LogP contribution in [0.2, 0.25) is 0 Å². The molecular weight excluding hydrogens is 294 g/mol. The molecule has 4 nitrogen and oxygen atoms in total. The van der Waals surface area contributed by atoms with Crippen LogP contribution in [-0.4, -0.2) is 24.0 Å². The maximum absolute atomic E-state index is 12.4. The lowest BCUT2D eigenvalue weighted by Crippen LogP contribution is -2.25. The number of amides is 1. The molecule has 116 valence electrons. The molecule has 0 unspecified atom stereocenters. The number of hydrogen-bond acceptors (Lipinski definition) is 4. The van der Waals surface area contributed by atoms with Gasteiger partial charge in [0.05, 0.1) is 22.6 Å². The van der Waals surface area contributed by atoms with Gasteiger partial charge in [0.25, 0.3) is 5.91 Å². The number of rotatable bonds is 3. The second kappa shape index (κ2) is 6.92. The number of benzene rings is 1. The van der Waals surface area contributed by atoms with Gasteiger partial charge in [-0.1, -0.05) is 25.0 Å². The van der Waals surface area contributed by atoms with Gasteiger partial charge in [0.2, 0.25) is 0 Å². The third-order valence-corrected chi connectivity index (χ3v) is 4.86. The number of thiazole rings is 1. The van der Waals surface area contributed by atoms with Crippen LogP contribution in [0.1, 0.15) is 40.4 Å². The fraction of sp³-hybridized carbons (Fsp3) is 0.412. The van der Waals surface area contributed by atoms with Crippen molar-refractivity contribution >= 4 is 28.6 Å². The summed E-state index contributed by atoms with van der Waals surface area (Å²) in [4.78, 5) is 19.6. The van der Waals surface area contributed by atoms with Gasteiger partial charge in [-0.05, 0) is 31.9 Å². The second-order valence-corrected chi connectivity index (χ2v) is 6.85. The molecule has 1 saturated heterocycles. The Kier molecular flexibility index (Phi) is 4.73. The van der Waals surface area contributed by atoms with Crippen LogP contribution in [0.4, 0.5) is 11.4 Å². The van der Waals surface area contributed by atoms with Crippen molar-refractivity contribution < 1.29 is 4.79 Å². The standard InChI is InChI=1S/C17H21N3OS/c1-13-18-12-16(22-13)17(21)19-14-8-4-5-9-15(14)20-10-6-2-3-7-11-20/h4-5,8-9,12H,2-3,6-7,10-11H2,1H3,(H,19,21). The molecule has 0 atom stereocenters. The van der Waals surface area contributed by atoms with Crippen molar-refractivity contribution in [3.8, 4) is 0 Å². The van der Waals surface area contributed by atoms with Gasteiger partial charge in [0.15, 0.2) is 0 Å². The molecule has 5 heteroatoms. The average Bonchev–Trinajstić information content (AvgIpc) is 2.80. The first-order chi connectivity index (χ1) is 10.7. The summed E-state index contributed by atoms with van der Waals surface area (Å²) in [7, 11) is 0. The Labute approximate surface area is 135 Å². The molecule has 0 bridgehead atoms. The van der Waals surface area contributed by atoms with E-state index in [1.54, 1.807) is 6.20 Å². The molecule has 0 saturated carbocycles. The van der Waals surface area contributed by atoms with E-state index in [0.29, 0.717) is 4.88 Å². The molecule has 1 fully saturated rings. The highest BCUT2D eigenvalue weighted by atomic mass is 32.1. The highest BCUT2D eigenvalue weighted by Crippen LogP contribution is 2.28. The van der Waals surface area contributed by atoms with Gasteiger partial charge in [0.1, 0.15) is 4.88 Å². The zero-order valence-corrected chi connectivity index (χ0v) is 13.7. The number of hydrogen-bond donors (Lipinski definition) is 1. The van der Waals surface area contributed by atoms with E-state index in [9.17, 15) is 4.79 Å². The molecule has 0 radical (unpaired) electrons. The van der Waals surface area contributed by atoms with Crippen molar-refractivity contribution in [2.45, 2.75) is 32.6 Å². The van der Waals surface area contributed by atoms with Crippen molar-refractivity contribution in [2.75, 3.05) is 23.3 Å². The number of aryl methyl sites for hydroxylation is 1. The summed E-state index contributed by atoms with van der Waals surface area (Å²) in [5.41, 5.74) is 2.01. The largest absolute Gasteiger partial charge is 0.370 e. The quantitative estimate of drug-likeness (QED) is 0.928. The van der Waals surface area contributed by atoms with Crippen LogP contribution in [0.5, 0.6) is 0 Å². The number of para-hydroxylation sites is 2. The summed E-state index contributed by atoms with van der Waals surface area (Å²) in [5.74, 6) is -0.0760. The van der Waals surface area contributed by atoms with Crippen LogP contribution >= 0.6 is 11.3 Å². The number of anilines is 2. The first-order valence-electron chi connectivity index (χ1n) is 7.82. The first-order valence-corrected chi connectivity index (χ1v) is 8.63. The lowest BCUT2D eigenvalue weighted by Gasteiger charge is -2.25. The Morgan fingerprint density at radius 1 is 1.18 bits per heavy atom. The van der Waals surface area contributed by atoms with Crippen molar-refractivity contribution in [3.05, 3.63) is 40.3 Å². The van der Waals surface area contributed by atoms with E-state index < -0.39 is 0 Å². The van der Waals surface area contributed by atoms with Gasteiger partial charge in [-0.3, -0.25) is 4.79 Å². The fourth-order valence-corrected chi connectivity index (χ4v) is 3.49. The monoisotopic (exact) mass is 315 g/mol. The summed E-state index contributed by atoms with van der Waals surface area (Å²) in [6.45, 7) is 4.03. The van der Waals surface area contributed by atoms with Crippen molar-refractivity contribution in [2.24, 2.45) is 0 Å². The zero-order chi connectivity index (χ0) is 15.4. The Balaban J connectivity index is 1.80. The number of nitrogens with one attached hydrogen (secondary N) is 1. The van der Waals surface area contributed by atoms with E-state index in [-0.39, 0.29) is 5.91 Å². The van der Waals surface area contributed by atoms with E-state index in [4.69, 9.17) is 0 Å². The molecule has 3 rings (SSSR count). The Bertz CT molecular complexity index is 645. The zero-order valence-electron chi connectivity index (χ0n) is 12.8. The first kappa shape index (κ1) is 15.0. The highest BCUT2D eigenvalue weighted by molar-refractivity contribution is 7.13. The number of carbonyl (C=O) groups excluding carboxylic acids is 1. The topological polar surface area (TPSA) is 45.2 Å². The maximum atomic E-state index is 12.4. The predicted molar refractivity (Wildman–Crippen MR) is 91.9 cm³/mol. The minimum atomic E-state index is -0.0760. The van der Waals surface area contributed by atoms with Crippen LogP contribution in [-0.2, 0) is 0 Å². The van der Waals surface area contributed by atoms with Crippen LogP contribution in [0.25, 0.3) is 0 Å². The Morgan fingerprint density at radius 2 is 1.91 bits per heavy atom. The van der Waals surface area contributed by atoms with Gasteiger partial charge < -0.3 is 10.2 Å². The third kappa shape index (κ3) is 3.47. The lowest BCUT2D eigenvalue weighted by atomic mass is 10.2. The molecule has 0 spiro atoms. The molecule has 2 aromatic rings. The molecule has 1 N–H and O–H groups in total. The molecule has 1 amide bonds. The summed E-state index contributed by atoms with van der Waals surface area (Å²) in [5, 5.41) is 3.96. The van der Waals surface area contributed by atoms with Crippen LogP contribution in [0, 0.1) is 6.92 Å². The van der Waals surface area contributed by atoms with Gasteiger partial charge in [-0.25, -0.2) is 4.98 Å². The number of nitrogens with zero attached hydrogens (tertiary/aromatic N) is 2. The predicted octanol–water partition coefficient (Wildman–Crippen LogP) is 4.08. The van der Waals surface area contributed by atoms with E-state index in [0.717, 1.165) is 29.5 Å². The molecule has 1 aliphatic rings.